The monoisotopic (exact) mass is 320 g/mol. The fourth-order valence-corrected chi connectivity index (χ4v) is 4.58. The van der Waals surface area contributed by atoms with E-state index in [1.165, 1.54) is 0 Å². The maximum atomic E-state index is 12.0. The largest absolute Gasteiger partial charge is 0.259 e. The Balaban J connectivity index is 1.67. The van der Waals surface area contributed by atoms with Crippen LogP contribution in [0.4, 0.5) is 0 Å². The van der Waals surface area contributed by atoms with Gasteiger partial charge in [0.05, 0.1) is 0 Å². The molecule has 0 aromatic heterocycles. The first-order valence-corrected chi connectivity index (χ1v) is 9.99. The van der Waals surface area contributed by atoms with E-state index in [-0.39, 0.29) is 0 Å². The van der Waals surface area contributed by atoms with Gasteiger partial charge < -0.3 is 0 Å². The fraction of sp³-hybridized carbons (Fsp3) is 0.294. The van der Waals surface area contributed by atoms with Gasteiger partial charge >= 0.3 is 0 Å². The zero-order valence-corrected chi connectivity index (χ0v) is 13.6. The molecule has 0 aliphatic carbocycles. The first kappa shape index (κ1) is 16.1. The van der Waals surface area contributed by atoms with Crippen LogP contribution in [0.3, 0.4) is 0 Å². The Morgan fingerprint density at radius 1 is 0.619 bits per heavy atom. The topological polar surface area (TPSA) is 34.1 Å². The zero-order valence-electron chi connectivity index (χ0n) is 11.9. The third-order valence-electron chi connectivity index (χ3n) is 3.08. The standard InChI is InChI=1S/C17H20O2S2/c18-20(14-16-8-3-1-4-9-16)12-7-13-21(19)15-17-10-5-2-6-11-17/h1-6,8-11H,7,12-15H2. The fourth-order valence-electron chi connectivity index (χ4n) is 2.05. The van der Waals surface area contributed by atoms with E-state index < -0.39 is 21.6 Å². The van der Waals surface area contributed by atoms with Crippen LogP contribution in [-0.2, 0) is 33.1 Å². The molecule has 0 heterocycles. The van der Waals surface area contributed by atoms with Gasteiger partial charge in [0.1, 0.15) is 0 Å². The third-order valence-corrected chi connectivity index (χ3v) is 5.88. The molecule has 2 atom stereocenters. The van der Waals surface area contributed by atoms with Gasteiger partial charge in [-0.25, -0.2) is 0 Å². The predicted octanol–water partition coefficient (Wildman–Crippen LogP) is 3.27. The molecule has 112 valence electrons. The highest BCUT2D eigenvalue weighted by Crippen LogP contribution is 2.06. The SMILES string of the molecule is O=S(CCCS(=O)Cc1ccccc1)Cc1ccccc1. The van der Waals surface area contributed by atoms with E-state index in [1.807, 2.05) is 60.7 Å². The molecular weight excluding hydrogens is 300 g/mol. The van der Waals surface area contributed by atoms with Gasteiger partial charge in [0, 0.05) is 44.6 Å². The zero-order chi connectivity index (χ0) is 14.9. The van der Waals surface area contributed by atoms with E-state index in [2.05, 4.69) is 0 Å². The average molecular weight is 320 g/mol. The quantitative estimate of drug-likeness (QED) is 0.748. The van der Waals surface area contributed by atoms with E-state index in [4.69, 9.17) is 0 Å². The van der Waals surface area contributed by atoms with Crippen LogP contribution in [0.1, 0.15) is 17.5 Å². The van der Waals surface area contributed by atoms with Crippen LogP contribution in [0.15, 0.2) is 60.7 Å². The van der Waals surface area contributed by atoms with Crippen molar-refractivity contribution in [3.8, 4) is 0 Å². The van der Waals surface area contributed by atoms with Crippen LogP contribution >= 0.6 is 0 Å². The van der Waals surface area contributed by atoms with E-state index in [1.54, 1.807) is 0 Å². The average Bonchev–Trinajstić information content (AvgIpc) is 2.49. The molecule has 0 fully saturated rings. The van der Waals surface area contributed by atoms with Gasteiger partial charge in [0.15, 0.2) is 0 Å². The maximum absolute atomic E-state index is 12.0. The number of hydrogen-bond acceptors (Lipinski definition) is 2. The molecular formula is C17H20O2S2. The summed E-state index contributed by atoms with van der Waals surface area (Å²) in [5.74, 6) is 2.42. The summed E-state index contributed by atoms with van der Waals surface area (Å²) in [5, 5.41) is 0. The van der Waals surface area contributed by atoms with Gasteiger partial charge in [-0.05, 0) is 17.5 Å². The number of rotatable bonds is 8. The van der Waals surface area contributed by atoms with E-state index in [9.17, 15) is 8.42 Å². The van der Waals surface area contributed by atoms with Crippen LogP contribution < -0.4 is 0 Å². The van der Waals surface area contributed by atoms with Crippen molar-refractivity contribution < 1.29 is 8.42 Å². The second kappa shape index (κ2) is 8.90. The molecule has 0 radical (unpaired) electrons. The molecule has 2 unspecified atom stereocenters. The molecule has 21 heavy (non-hydrogen) atoms. The Labute approximate surface area is 131 Å². The molecule has 0 saturated heterocycles. The molecule has 0 amide bonds. The van der Waals surface area contributed by atoms with Gasteiger partial charge in [-0.3, -0.25) is 8.42 Å². The van der Waals surface area contributed by atoms with Crippen molar-refractivity contribution >= 4 is 21.6 Å². The number of benzene rings is 2. The minimum Gasteiger partial charge on any atom is -0.259 e. The first-order valence-electron chi connectivity index (χ1n) is 7.02. The van der Waals surface area contributed by atoms with Gasteiger partial charge in [0.25, 0.3) is 0 Å². The lowest BCUT2D eigenvalue weighted by atomic mass is 10.2. The first-order chi connectivity index (χ1) is 10.2. The van der Waals surface area contributed by atoms with Crippen molar-refractivity contribution in [1.29, 1.82) is 0 Å². The summed E-state index contributed by atoms with van der Waals surface area (Å²) in [6, 6.07) is 19.7. The Hall–Kier alpha value is -1.26. The summed E-state index contributed by atoms with van der Waals surface area (Å²) < 4.78 is 23.9. The normalized spacial score (nSPS) is 13.7. The molecule has 0 aliphatic rings. The molecule has 2 aromatic rings. The summed E-state index contributed by atoms with van der Waals surface area (Å²) in [6.45, 7) is 0. The summed E-state index contributed by atoms with van der Waals surface area (Å²) in [5.41, 5.74) is 2.20. The van der Waals surface area contributed by atoms with Crippen LogP contribution in [0.25, 0.3) is 0 Å². The Morgan fingerprint density at radius 2 is 1.00 bits per heavy atom. The van der Waals surface area contributed by atoms with Crippen molar-refractivity contribution in [3.63, 3.8) is 0 Å². The lowest BCUT2D eigenvalue weighted by Crippen LogP contribution is -2.07. The lowest BCUT2D eigenvalue weighted by molar-refractivity contribution is 0.677. The van der Waals surface area contributed by atoms with Gasteiger partial charge in [-0.1, -0.05) is 60.7 Å². The lowest BCUT2D eigenvalue weighted by Gasteiger charge is -2.04. The molecule has 2 rings (SSSR count). The van der Waals surface area contributed by atoms with Crippen LogP contribution in [-0.4, -0.2) is 19.9 Å². The van der Waals surface area contributed by atoms with Crippen molar-refractivity contribution in [2.75, 3.05) is 11.5 Å². The molecule has 2 nitrogen and oxygen atoms in total. The van der Waals surface area contributed by atoms with Crippen LogP contribution in [0, 0.1) is 0 Å². The molecule has 2 aromatic carbocycles. The summed E-state index contributed by atoms with van der Waals surface area (Å²) >= 11 is 0. The minimum absolute atomic E-state index is 0.589. The number of hydrogen-bond donors (Lipinski definition) is 0. The van der Waals surface area contributed by atoms with Crippen LogP contribution in [0.2, 0.25) is 0 Å². The molecule has 0 bridgehead atoms. The van der Waals surface area contributed by atoms with E-state index in [0.717, 1.165) is 17.5 Å². The smallest absolute Gasteiger partial charge is 0.0485 e. The van der Waals surface area contributed by atoms with Gasteiger partial charge in [-0.2, -0.15) is 0 Å². The van der Waals surface area contributed by atoms with Gasteiger partial charge in [0.2, 0.25) is 0 Å². The highest BCUT2D eigenvalue weighted by Gasteiger charge is 2.05. The van der Waals surface area contributed by atoms with E-state index in [0.29, 0.717) is 23.0 Å². The summed E-state index contributed by atoms with van der Waals surface area (Å²) in [7, 11) is -1.74. The molecule has 0 spiro atoms. The molecule has 4 heteroatoms. The second-order valence-corrected chi connectivity index (χ2v) is 8.05. The van der Waals surface area contributed by atoms with Crippen molar-refractivity contribution in [2.45, 2.75) is 17.9 Å². The van der Waals surface area contributed by atoms with Gasteiger partial charge in [-0.15, -0.1) is 0 Å². The minimum atomic E-state index is -0.868. The highest BCUT2D eigenvalue weighted by molar-refractivity contribution is 7.85. The van der Waals surface area contributed by atoms with Crippen molar-refractivity contribution in [2.24, 2.45) is 0 Å². The summed E-state index contributed by atoms with van der Waals surface area (Å²) in [6.07, 6.45) is 0.749. The second-order valence-electron chi connectivity index (χ2n) is 4.90. The predicted molar refractivity (Wildman–Crippen MR) is 90.9 cm³/mol. The maximum Gasteiger partial charge on any atom is 0.0485 e. The molecule has 0 saturated carbocycles. The highest BCUT2D eigenvalue weighted by atomic mass is 32.2. The van der Waals surface area contributed by atoms with E-state index >= 15 is 0 Å². The van der Waals surface area contributed by atoms with Crippen molar-refractivity contribution in [3.05, 3.63) is 71.8 Å². The Kier molecular flexibility index (Phi) is 6.83. The molecule has 0 N–H and O–H groups in total. The van der Waals surface area contributed by atoms with Crippen molar-refractivity contribution in [1.82, 2.24) is 0 Å². The van der Waals surface area contributed by atoms with Crippen LogP contribution in [0.5, 0.6) is 0 Å². The Bertz CT molecular complexity index is 529. The summed E-state index contributed by atoms with van der Waals surface area (Å²) in [4.78, 5) is 0. The Morgan fingerprint density at radius 3 is 1.38 bits per heavy atom. The third kappa shape index (κ3) is 6.36. The molecule has 0 aliphatic heterocycles.